The molecular formula is C19H13NO2. The third-order valence-corrected chi connectivity index (χ3v) is 3.92. The molecule has 1 aromatic heterocycles. The standard InChI is InChI=1S/C19H13NO2/c21-18-15-7-3-4-8-16(15)20-17(19(18)22)14-10-9-12-5-1-2-6-13(12)11-14/h1-11,22H,(H,20,21). The van der Waals surface area contributed by atoms with Crippen molar-refractivity contribution in [2.45, 2.75) is 0 Å². The summed E-state index contributed by atoms with van der Waals surface area (Å²) < 4.78 is 0. The van der Waals surface area contributed by atoms with E-state index in [4.69, 9.17) is 0 Å². The van der Waals surface area contributed by atoms with Crippen LogP contribution in [0.4, 0.5) is 0 Å². The molecule has 3 heteroatoms. The summed E-state index contributed by atoms with van der Waals surface area (Å²) in [7, 11) is 0. The van der Waals surface area contributed by atoms with Gasteiger partial charge in [0.05, 0.1) is 5.69 Å². The number of fused-ring (bicyclic) bond motifs is 2. The fraction of sp³-hybridized carbons (Fsp3) is 0. The Morgan fingerprint density at radius 3 is 2.41 bits per heavy atom. The van der Waals surface area contributed by atoms with E-state index < -0.39 is 0 Å². The van der Waals surface area contributed by atoms with Crippen LogP contribution in [-0.4, -0.2) is 10.1 Å². The summed E-state index contributed by atoms with van der Waals surface area (Å²) in [6.45, 7) is 0. The van der Waals surface area contributed by atoms with Gasteiger partial charge in [-0.05, 0) is 29.0 Å². The first-order valence-corrected chi connectivity index (χ1v) is 7.07. The average Bonchev–Trinajstić information content (AvgIpc) is 2.58. The highest BCUT2D eigenvalue weighted by Gasteiger charge is 2.12. The lowest BCUT2D eigenvalue weighted by Crippen LogP contribution is -2.04. The van der Waals surface area contributed by atoms with E-state index in [9.17, 15) is 9.90 Å². The minimum Gasteiger partial charge on any atom is -0.503 e. The van der Waals surface area contributed by atoms with Crippen LogP contribution in [0.1, 0.15) is 0 Å². The summed E-state index contributed by atoms with van der Waals surface area (Å²) >= 11 is 0. The summed E-state index contributed by atoms with van der Waals surface area (Å²) in [4.78, 5) is 15.5. The van der Waals surface area contributed by atoms with Gasteiger partial charge in [-0.3, -0.25) is 4.79 Å². The molecule has 0 saturated heterocycles. The molecule has 0 aliphatic rings. The van der Waals surface area contributed by atoms with Crippen molar-refractivity contribution >= 4 is 21.7 Å². The molecule has 0 spiro atoms. The minimum absolute atomic E-state index is 0.242. The number of nitrogens with one attached hydrogen (secondary N) is 1. The quantitative estimate of drug-likeness (QED) is 0.555. The molecule has 0 saturated carbocycles. The van der Waals surface area contributed by atoms with Gasteiger partial charge in [0.2, 0.25) is 5.43 Å². The molecule has 0 atom stereocenters. The van der Waals surface area contributed by atoms with Crippen molar-refractivity contribution in [3.8, 4) is 17.0 Å². The molecule has 0 unspecified atom stereocenters. The van der Waals surface area contributed by atoms with Gasteiger partial charge in [0.1, 0.15) is 0 Å². The first kappa shape index (κ1) is 12.7. The lowest BCUT2D eigenvalue weighted by Gasteiger charge is -2.08. The van der Waals surface area contributed by atoms with Gasteiger partial charge in [0.25, 0.3) is 0 Å². The van der Waals surface area contributed by atoms with Crippen LogP contribution in [0.5, 0.6) is 5.75 Å². The Bertz CT molecular complexity index is 1060. The topological polar surface area (TPSA) is 53.1 Å². The molecule has 3 nitrogen and oxygen atoms in total. The number of aromatic hydroxyl groups is 1. The number of hydrogen-bond donors (Lipinski definition) is 2. The van der Waals surface area contributed by atoms with Crippen molar-refractivity contribution in [3.05, 3.63) is 77.0 Å². The van der Waals surface area contributed by atoms with Gasteiger partial charge in [0, 0.05) is 16.5 Å². The number of pyridine rings is 1. The Morgan fingerprint density at radius 1 is 0.818 bits per heavy atom. The normalized spacial score (nSPS) is 11.1. The summed E-state index contributed by atoms with van der Waals surface area (Å²) in [5.41, 5.74) is 1.61. The summed E-state index contributed by atoms with van der Waals surface area (Å²) in [6.07, 6.45) is 0. The summed E-state index contributed by atoms with van der Waals surface area (Å²) in [5.74, 6) is -0.242. The van der Waals surface area contributed by atoms with E-state index in [1.807, 2.05) is 54.6 Å². The first-order chi connectivity index (χ1) is 10.7. The number of hydrogen-bond acceptors (Lipinski definition) is 2. The minimum atomic E-state index is -0.350. The van der Waals surface area contributed by atoms with Crippen LogP contribution >= 0.6 is 0 Å². The molecule has 22 heavy (non-hydrogen) atoms. The molecule has 4 aromatic rings. The first-order valence-electron chi connectivity index (χ1n) is 7.07. The Morgan fingerprint density at radius 2 is 1.55 bits per heavy atom. The zero-order valence-corrected chi connectivity index (χ0v) is 11.7. The van der Waals surface area contributed by atoms with Gasteiger partial charge >= 0.3 is 0 Å². The van der Waals surface area contributed by atoms with Crippen LogP contribution in [0.3, 0.4) is 0 Å². The van der Waals surface area contributed by atoms with Crippen molar-refractivity contribution in [2.24, 2.45) is 0 Å². The largest absolute Gasteiger partial charge is 0.503 e. The van der Waals surface area contributed by atoms with E-state index in [2.05, 4.69) is 4.98 Å². The second-order valence-electron chi connectivity index (χ2n) is 5.29. The highest BCUT2D eigenvalue weighted by molar-refractivity contribution is 5.90. The Kier molecular flexibility index (Phi) is 2.73. The van der Waals surface area contributed by atoms with Crippen molar-refractivity contribution in [2.75, 3.05) is 0 Å². The van der Waals surface area contributed by atoms with Crippen LogP contribution in [0.2, 0.25) is 0 Å². The Balaban J connectivity index is 2.03. The van der Waals surface area contributed by atoms with Crippen LogP contribution in [0.25, 0.3) is 32.9 Å². The second-order valence-corrected chi connectivity index (χ2v) is 5.29. The molecule has 2 N–H and O–H groups in total. The maximum Gasteiger partial charge on any atom is 0.231 e. The molecule has 0 bridgehead atoms. The maximum atomic E-state index is 12.3. The van der Waals surface area contributed by atoms with E-state index in [0.717, 1.165) is 16.3 Å². The van der Waals surface area contributed by atoms with Gasteiger partial charge in [-0.1, -0.05) is 48.5 Å². The van der Waals surface area contributed by atoms with E-state index in [1.54, 1.807) is 12.1 Å². The Labute approximate surface area is 126 Å². The van der Waals surface area contributed by atoms with Crippen LogP contribution in [0.15, 0.2) is 71.5 Å². The van der Waals surface area contributed by atoms with Crippen molar-refractivity contribution in [1.29, 1.82) is 0 Å². The average molecular weight is 287 g/mol. The highest BCUT2D eigenvalue weighted by Crippen LogP contribution is 2.29. The highest BCUT2D eigenvalue weighted by atomic mass is 16.3. The Hall–Kier alpha value is -3.07. The van der Waals surface area contributed by atoms with Gasteiger partial charge in [0.15, 0.2) is 5.75 Å². The fourth-order valence-corrected chi connectivity index (χ4v) is 2.78. The van der Waals surface area contributed by atoms with Gasteiger partial charge in [-0.2, -0.15) is 0 Å². The molecule has 0 fully saturated rings. The zero-order chi connectivity index (χ0) is 15.1. The molecule has 0 aliphatic carbocycles. The number of rotatable bonds is 1. The lowest BCUT2D eigenvalue weighted by atomic mass is 10.0. The maximum absolute atomic E-state index is 12.3. The second kappa shape index (κ2) is 4.74. The van der Waals surface area contributed by atoms with Gasteiger partial charge in [-0.15, -0.1) is 0 Å². The molecule has 4 rings (SSSR count). The lowest BCUT2D eigenvalue weighted by molar-refractivity contribution is 0.471. The summed E-state index contributed by atoms with van der Waals surface area (Å²) in [6, 6.07) is 21.0. The molecule has 0 radical (unpaired) electrons. The number of benzene rings is 3. The van der Waals surface area contributed by atoms with E-state index in [0.29, 0.717) is 16.6 Å². The van der Waals surface area contributed by atoms with Crippen molar-refractivity contribution < 1.29 is 5.11 Å². The predicted octanol–water partition coefficient (Wildman–Crippen LogP) is 4.05. The fourth-order valence-electron chi connectivity index (χ4n) is 2.78. The number of para-hydroxylation sites is 1. The molecule has 0 amide bonds. The molecule has 3 aromatic carbocycles. The van der Waals surface area contributed by atoms with E-state index in [-0.39, 0.29) is 11.2 Å². The van der Waals surface area contributed by atoms with Crippen molar-refractivity contribution in [3.63, 3.8) is 0 Å². The number of H-pyrrole nitrogens is 1. The third-order valence-electron chi connectivity index (χ3n) is 3.92. The number of aromatic nitrogens is 1. The van der Waals surface area contributed by atoms with E-state index in [1.165, 1.54) is 0 Å². The van der Waals surface area contributed by atoms with Gasteiger partial charge < -0.3 is 10.1 Å². The van der Waals surface area contributed by atoms with Crippen LogP contribution in [0, 0.1) is 0 Å². The van der Waals surface area contributed by atoms with Crippen molar-refractivity contribution in [1.82, 2.24) is 4.98 Å². The van der Waals surface area contributed by atoms with Crippen LogP contribution in [-0.2, 0) is 0 Å². The smallest absolute Gasteiger partial charge is 0.231 e. The van der Waals surface area contributed by atoms with Gasteiger partial charge in [-0.25, -0.2) is 0 Å². The number of aromatic amines is 1. The third kappa shape index (κ3) is 1.87. The molecule has 106 valence electrons. The van der Waals surface area contributed by atoms with E-state index >= 15 is 0 Å². The predicted molar refractivity (Wildman–Crippen MR) is 89.2 cm³/mol. The molecule has 0 aliphatic heterocycles. The van der Waals surface area contributed by atoms with Crippen LogP contribution < -0.4 is 5.43 Å². The molecular weight excluding hydrogens is 274 g/mol. The molecule has 1 heterocycles. The zero-order valence-electron chi connectivity index (χ0n) is 11.7. The summed E-state index contributed by atoms with van der Waals surface area (Å²) in [5, 5.41) is 13.0. The monoisotopic (exact) mass is 287 g/mol. The SMILES string of the molecule is O=c1c(O)c(-c2ccc3ccccc3c2)[nH]c2ccccc12.